The van der Waals surface area contributed by atoms with Crippen LogP contribution in [0.3, 0.4) is 0 Å². The van der Waals surface area contributed by atoms with Gasteiger partial charge in [-0.05, 0) is 69.3 Å². The molecule has 0 aliphatic carbocycles. The van der Waals surface area contributed by atoms with Crippen LogP contribution in [-0.4, -0.2) is 49.6 Å². The Morgan fingerprint density at radius 3 is 2.24 bits per heavy atom. The molecule has 0 radical (unpaired) electrons. The second-order valence-corrected chi connectivity index (χ2v) is 9.21. The first-order valence-corrected chi connectivity index (χ1v) is 12.5. The van der Waals surface area contributed by atoms with E-state index in [9.17, 15) is 9.59 Å². The number of unbranched alkanes of at least 4 members (excludes halogenated alkanes) is 2. The minimum Gasteiger partial charge on any atom is -0.491 e. The summed E-state index contributed by atoms with van der Waals surface area (Å²) in [5, 5.41) is 8.76. The van der Waals surface area contributed by atoms with E-state index in [1.54, 1.807) is 11.9 Å². The van der Waals surface area contributed by atoms with Crippen molar-refractivity contribution in [2.45, 2.75) is 38.8 Å². The summed E-state index contributed by atoms with van der Waals surface area (Å²) in [6, 6.07) is 22.9. The van der Waals surface area contributed by atoms with Crippen molar-refractivity contribution in [3.8, 4) is 11.5 Å². The van der Waals surface area contributed by atoms with E-state index in [1.165, 1.54) is 5.56 Å². The highest BCUT2D eigenvalue weighted by molar-refractivity contribution is 6.07. The second kappa shape index (κ2) is 14.0. The summed E-state index contributed by atoms with van der Waals surface area (Å²) in [5.41, 5.74) is 3.24. The number of para-hydroxylation sites is 2. The normalized spacial score (nSPS) is 10.8. The molecule has 3 aromatic carbocycles. The molecule has 37 heavy (non-hydrogen) atoms. The number of rotatable bonds is 14. The Morgan fingerprint density at radius 2 is 1.51 bits per heavy atom. The Morgan fingerprint density at radius 1 is 0.811 bits per heavy atom. The maximum Gasteiger partial charge on any atom is 0.303 e. The van der Waals surface area contributed by atoms with Crippen molar-refractivity contribution in [3.05, 3.63) is 89.5 Å². The Bertz CT molecular complexity index is 1160. The number of nitrogens with zero attached hydrogens (tertiary/aromatic N) is 2. The molecule has 1 amide bonds. The third kappa shape index (κ3) is 8.65. The zero-order valence-corrected chi connectivity index (χ0v) is 21.9. The van der Waals surface area contributed by atoms with Gasteiger partial charge in [0.05, 0.1) is 12.3 Å². The molecule has 0 aliphatic rings. The van der Waals surface area contributed by atoms with Crippen molar-refractivity contribution < 1.29 is 24.2 Å². The molecule has 0 saturated heterocycles. The molecule has 7 heteroatoms. The third-order valence-corrected chi connectivity index (χ3v) is 5.89. The van der Waals surface area contributed by atoms with Crippen molar-refractivity contribution in [2.24, 2.45) is 0 Å². The summed E-state index contributed by atoms with van der Waals surface area (Å²) in [7, 11) is 5.80. The van der Waals surface area contributed by atoms with Gasteiger partial charge in [-0.2, -0.15) is 0 Å². The largest absolute Gasteiger partial charge is 0.491 e. The fraction of sp³-hybridized carbons (Fsp3) is 0.333. The Hall–Kier alpha value is -3.84. The lowest BCUT2D eigenvalue weighted by Crippen LogP contribution is -2.28. The summed E-state index contributed by atoms with van der Waals surface area (Å²) in [4.78, 5) is 27.9. The number of aliphatic carboxylic acids is 1. The fourth-order valence-corrected chi connectivity index (χ4v) is 3.96. The number of hydrogen-bond donors (Lipinski definition) is 1. The molecule has 3 rings (SSSR count). The van der Waals surface area contributed by atoms with Crippen LogP contribution in [0.5, 0.6) is 11.5 Å². The molecular weight excluding hydrogens is 468 g/mol. The van der Waals surface area contributed by atoms with Crippen molar-refractivity contribution in [3.63, 3.8) is 0 Å². The van der Waals surface area contributed by atoms with Crippen LogP contribution < -0.4 is 14.4 Å². The zero-order chi connectivity index (χ0) is 26.6. The summed E-state index contributed by atoms with van der Waals surface area (Å²) in [6.07, 6.45) is 2.31. The number of amides is 1. The van der Waals surface area contributed by atoms with Gasteiger partial charge in [-0.25, -0.2) is 0 Å². The first-order valence-electron chi connectivity index (χ1n) is 12.5. The predicted molar refractivity (Wildman–Crippen MR) is 145 cm³/mol. The van der Waals surface area contributed by atoms with Crippen LogP contribution in [0.1, 0.15) is 47.2 Å². The van der Waals surface area contributed by atoms with E-state index in [0.717, 1.165) is 30.7 Å². The summed E-state index contributed by atoms with van der Waals surface area (Å²) < 4.78 is 12.0. The van der Waals surface area contributed by atoms with Crippen LogP contribution in [0, 0.1) is 0 Å². The Labute approximate surface area is 219 Å². The molecular formula is C30H36N2O5. The summed E-state index contributed by atoms with van der Waals surface area (Å²) >= 11 is 0. The molecule has 0 atom stereocenters. The predicted octanol–water partition coefficient (Wildman–Crippen LogP) is 5.63. The highest BCUT2D eigenvalue weighted by atomic mass is 16.5. The SMILES string of the molecule is CN(C)Cc1ccc(OCc2ccccc2C(=O)N(C)c2ccccc2OCCCCCC(=O)O)cc1. The van der Waals surface area contributed by atoms with Crippen LogP contribution in [0.25, 0.3) is 0 Å². The number of carboxylic acid groups (broad SMARTS) is 1. The van der Waals surface area contributed by atoms with Crippen LogP contribution in [0.15, 0.2) is 72.8 Å². The number of benzene rings is 3. The van der Waals surface area contributed by atoms with Gasteiger partial charge in [0.1, 0.15) is 18.1 Å². The molecule has 0 spiro atoms. The van der Waals surface area contributed by atoms with Gasteiger partial charge in [-0.3, -0.25) is 9.59 Å². The number of hydrogen-bond acceptors (Lipinski definition) is 5. The van der Waals surface area contributed by atoms with Crippen LogP contribution in [0.2, 0.25) is 0 Å². The quantitative estimate of drug-likeness (QED) is 0.287. The lowest BCUT2D eigenvalue weighted by molar-refractivity contribution is -0.137. The maximum absolute atomic E-state index is 13.5. The lowest BCUT2D eigenvalue weighted by atomic mass is 10.1. The number of carbonyl (C=O) groups excluding carboxylic acids is 1. The van der Waals surface area contributed by atoms with Crippen molar-refractivity contribution in [1.29, 1.82) is 0 Å². The van der Waals surface area contributed by atoms with E-state index < -0.39 is 5.97 Å². The molecule has 1 N–H and O–H groups in total. The maximum atomic E-state index is 13.5. The molecule has 0 fully saturated rings. The Kier molecular flexibility index (Phi) is 10.5. The van der Waals surface area contributed by atoms with Gasteiger partial charge >= 0.3 is 5.97 Å². The van der Waals surface area contributed by atoms with Crippen LogP contribution in [0.4, 0.5) is 5.69 Å². The van der Waals surface area contributed by atoms with E-state index in [0.29, 0.717) is 30.0 Å². The molecule has 0 unspecified atom stereocenters. The highest BCUT2D eigenvalue weighted by Gasteiger charge is 2.20. The van der Waals surface area contributed by atoms with E-state index in [4.69, 9.17) is 14.6 Å². The molecule has 0 aromatic heterocycles. The van der Waals surface area contributed by atoms with Crippen molar-refractivity contribution >= 4 is 17.6 Å². The first kappa shape index (κ1) is 27.7. The van der Waals surface area contributed by atoms with Gasteiger partial charge in [-0.1, -0.05) is 42.5 Å². The lowest BCUT2D eigenvalue weighted by Gasteiger charge is -2.22. The number of carbonyl (C=O) groups is 2. The van der Waals surface area contributed by atoms with E-state index in [1.807, 2.05) is 86.9 Å². The minimum atomic E-state index is -0.782. The molecule has 3 aromatic rings. The monoisotopic (exact) mass is 504 g/mol. The zero-order valence-electron chi connectivity index (χ0n) is 21.9. The number of carboxylic acids is 1. The topological polar surface area (TPSA) is 79.3 Å². The summed E-state index contributed by atoms with van der Waals surface area (Å²) in [6.45, 7) is 1.59. The average Bonchev–Trinajstić information content (AvgIpc) is 2.89. The van der Waals surface area contributed by atoms with Crippen molar-refractivity contribution in [2.75, 3.05) is 32.6 Å². The van der Waals surface area contributed by atoms with Gasteiger partial charge < -0.3 is 24.4 Å². The van der Waals surface area contributed by atoms with E-state index in [2.05, 4.69) is 4.90 Å². The molecule has 0 bridgehead atoms. The second-order valence-electron chi connectivity index (χ2n) is 9.21. The van der Waals surface area contributed by atoms with Gasteiger partial charge in [0.15, 0.2) is 0 Å². The third-order valence-electron chi connectivity index (χ3n) is 5.89. The van der Waals surface area contributed by atoms with Crippen molar-refractivity contribution in [1.82, 2.24) is 4.90 Å². The number of anilines is 1. The average molecular weight is 505 g/mol. The smallest absolute Gasteiger partial charge is 0.303 e. The standard InChI is InChI=1S/C30H36N2O5/c1-31(2)21-23-16-18-25(19-17-23)37-22-24-11-6-7-12-26(24)30(35)32(3)27-13-8-9-14-28(27)36-20-10-4-5-15-29(33)34/h6-9,11-14,16-19H,4-5,10,15,20-22H2,1-3H3,(H,33,34). The highest BCUT2D eigenvalue weighted by Crippen LogP contribution is 2.29. The van der Waals surface area contributed by atoms with Crippen LogP contribution >= 0.6 is 0 Å². The van der Waals surface area contributed by atoms with Gasteiger partial charge in [0, 0.05) is 31.1 Å². The molecule has 0 heterocycles. The van der Waals surface area contributed by atoms with E-state index in [-0.39, 0.29) is 18.9 Å². The fourth-order valence-electron chi connectivity index (χ4n) is 3.96. The first-order chi connectivity index (χ1) is 17.8. The van der Waals surface area contributed by atoms with Gasteiger partial charge in [-0.15, -0.1) is 0 Å². The molecule has 0 aliphatic heterocycles. The van der Waals surface area contributed by atoms with Gasteiger partial charge in [0.2, 0.25) is 0 Å². The summed E-state index contributed by atoms with van der Waals surface area (Å²) in [5.74, 6) is 0.427. The minimum absolute atomic E-state index is 0.155. The molecule has 7 nitrogen and oxygen atoms in total. The van der Waals surface area contributed by atoms with E-state index >= 15 is 0 Å². The van der Waals surface area contributed by atoms with Crippen LogP contribution in [-0.2, 0) is 17.9 Å². The molecule has 196 valence electrons. The van der Waals surface area contributed by atoms with Gasteiger partial charge in [0.25, 0.3) is 5.91 Å². The Balaban J connectivity index is 1.64. The molecule has 0 saturated carbocycles. The number of ether oxygens (including phenoxy) is 2.